The first kappa shape index (κ1) is 15.4. The molecule has 0 saturated carbocycles. The summed E-state index contributed by atoms with van der Waals surface area (Å²) >= 11 is 0. The zero-order chi connectivity index (χ0) is 15.4. The van der Waals surface area contributed by atoms with Crippen LogP contribution in [0, 0.1) is 13.8 Å². The number of ether oxygens (including phenoxy) is 1. The van der Waals surface area contributed by atoms with E-state index in [1.54, 1.807) is 0 Å². The molecular formula is C16H21NO4. The number of nitrogens with zero attached hydrogens (tertiary/aromatic N) is 1. The zero-order valence-corrected chi connectivity index (χ0v) is 12.5. The largest absolute Gasteiger partial charge is 0.483 e. The summed E-state index contributed by atoms with van der Waals surface area (Å²) in [7, 11) is 0. The molecule has 0 aliphatic carbocycles. The fourth-order valence-electron chi connectivity index (χ4n) is 2.59. The summed E-state index contributed by atoms with van der Waals surface area (Å²) in [6.07, 6.45) is 2.21. The van der Waals surface area contributed by atoms with Crippen LogP contribution in [0.2, 0.25) is 0 Å². The molecule has 1 atom stereocenters. The van der Waals surface area contributed by atoms with Crippen LogP contribution in [-0.2, 0) is 9.59 Å². The predicted octanol–water partition coefficient (Wildman–Crippen LogP) is 2.15. The number of likely N-dealkylation sites (tertiary alicyclic amines) is 1. The van der Waals surface area contributed by atoms with Gasteiger partial charge in [-0.15, -0.1) is 0 Å². The average Bonchev–Trinajstić information content (AvgIpc) is 2.48. The lowest BCUT2D eigenvalue weighted by Gasteiger charge is -2.32. The van der Waals surface area contributed by atoms with Crippen molar-refractivity contribution < 1.29 is 19.4 Å². The molecule has 5 heteroatoms. The number of hydrogen-bond acceptors (Lipinski definition) is 3. The first-order valence-corrected chi connectivity index (χ1v) is 7.22. The minimum atomic E-state index is -0.935. The van der Waals surface area contributed by atoms with Gasteiger partial charge in [0.25, 0.3) is 5.91 Å². The van der Waals surface area contributed by atoms with E-state index >= 15 is 0 Å². The molecule has 0 spiro atoms. The Morgan fingerprint density at radius 2 is 2.10 bits per heavy atom. The van der Waals surface area contributed by atoms with Gasteiger partial charge in [0.1, 0.15) is 11.8 Å². The highest BCUT2D eigenvalue weighted by molar-refractivity contribution is 5.84. The molecular weight excluding hydrogens is 270 g/mol. The normalized spacial score (nSPS) is 18.4. The van der Waals surface area contributed by atoms with Gasteiger partial charge in [0, 0.05) is 6.54 Å². The van der Waals surface area contributed by atoms with Crippen LogP contribution in [0.1, 0.15) is 30.4 Å². The van der Waals surface area contributed by atoms with E-state index in [4.69, 9.17) is 4.74 Å². The maximum Gasteiger partial charge on any atom is 0.326 e. The molecule has 1 amide bonds. The van der Waals surface area contributed by atoms with Crippen molar-refractivity contribution in [3.05, 3.63) is 29.3 Å². The molecule has 1 aliphatic heterocycles. The number of amides is 1. The van der Waals surface area contributed by atoms with Crippen LogP contribution >= 0.6 is 0 Å². The number of rotatable bonds is 4. The van der Waals surface area contributed by atoms with E-state index in [1.165, 1.54) is 4.90 Å². The van der Waals surface area contributed by atoms with Crippen molar-refractivity contribution in [3.8, 4) is 5.75 Å². The van der Waals surface area contributed by atoms with Crippen LogP contribution < -0.4 is 4.74 Å². The second-order valence-corrected chi connectivity index (χ2v) is 5.42. The summed E-state index contributed by atoms with van der Waals surface area (Å²) in [5.41, 5.74) is 2.10. The Hall–Kier alpha value is -2.04. The molecule has 1 aromatic carbocycles. The number of carboxylic acid groups (broad SMARTS) is 1. The molecule has 0 radical (unpaired) electrons. The molecule has 1 saturated heterocycles. The summed E-state index contributed by atoms with van der Waals surface area (Å²) in [4.78, 5) is 24.9. The topological polar surface area (TPSA) is 66.8 Å². The number of carboxylic acids is 1. The van der Waals surface area contributed by atoms with E-state index in [0.717, 1.165) is 24.0 Å². The van der Waals surface area contributed by atoms with E-state index < -0.39 is 12.0 Å². The Kier molecular flexibility index (Phi) is 4.83. The number of hydrogen-bond donors (Lipinski definition) is 1. The summed E-state index contributed by atoms with van der Waals surface area (Å²) < 4.78 is 5.58. The van der Waals surface area contributed by atoms with Crippen LogP contribution in [0.15, 0.2) is 18.2 Å². The molecule has 0 unspecified atom stereocenters. The number of piperidine rings is 1. The van der Waals surface area contributed by atoms with Crippen LogP contribution in [0.3, 0.4) is 0 Å². The number of aliphatic carboxylic acids is 1. The summed E-state index contributed by atoms with van der Waals surface area (Å²) in [5.74, 6) is -0.523. The van der Waals surface area contributed by atoms with Crippen LogP contribution in [0.5, 0.6) is 5.75 Å². The number of carbonyl (C=O) groups is 2. The minimum absolute atomic E-state index is 0.117. The monoisotopic (exact) mass is 291 g/mol. The number of aryl methyl sites for hydroxylation is 1. The van der Waals surface area contributed by atoms with Crippen molar-refractivity contribution in [3.63, 3.8) is 0 Å². The predicted molar refractivity (Wildman–Crippen MR) is 78.4 cm³/mol. The Morgan fingerprint density at radius 3 is 2.81 bits per heavy atom. The summed E-state index contributed by atoms with van der Waals surface area (Å²) in [5, 5.41) is 9.19. The van der Waals surface area contributed by atoms with Gasteiger partial charge in [0.05, 0.1) is 0 Å². The van der Waals surface area contributed by atoms with E-state index in [9.17, 15) is 14.7 Å². The molecule has 114 valence electrons. The quantitative estimate of drug-likeness (QED) is 0.923. The van der Waals surface area contributed by atoms with Gasteiger partial charge in [0.2, 0.25) is 0 Å². The molecule has 1 aromatic rings. The molecule has 1 aliphatic rings. The lowest BCUT2D eigenvalue weighted by Crippen LogP contribution is -2.49. The second kappa shape index (κ2) is 6.61. The van der Waals surface area contributed by atoms with Crippen molar-refractivity contribution >= 4 is 11.9 Å². The highest BCUT2D eigenvalue weighted by atomic mass is 16.5. The van der Waals surface area contributed by atoms with Gasteiger partial charge in [-0.3, -0.25) is 4.79 Å². The zero-order valence-electron chi connectivity index (χ0n) is 12.5. The third-order valence-electron chi connectivity index (χ3n) is 4.01. The Balaban J connectivity index is 2.00. The van der Waals surface area contributed by atoms with E-state index in [1.807, 2.05) is 32.0 Å². The highest BCUT2D eigenvalue weighted by Gasteiger charge is 2.31. The Labute approximate surface area is 124 Å². The van der Waals surface area contributed by atoms with Crippen molar-refractivity contribution in [1.82, 2.24) is 4.90 Å². The third kappa shape index (κ3) is 3.54. The van der Waals surface area contributed by atoms with E-state index in [2.05, 4.69) is 0 Å². The van der Waals surface area contributed by atoms with Gasteiger partial charge in [-0.25, -0.2) is 4.79 Å². The molecule has 0 aromatic heterocycles. The molecule has 1 heterocycles. The standard InChI is InChI=1S/C16H21NO4/c1-11-6-5-8-14(12(11)2)21-10-15(18)17-9-4-3-7-13(17)16(19)20/h5-6,8,13H,3-4,7,9-10H2,1-2H3,(H,19,20)/t13-/m0/s1. The number of carbonyl (C=O) groups excluding carboxylic acids is 1. The maximum absolute atomic E-state index is 12.2. The fourth-order valence-corrected chi connectivity index (χ4v) is 2.59. The van der Waals surface area contributed by atoms with Gasteiger partial charge in [-0.1, -0.05) is 12.1 Å². The first-order chi connectivity index (χ1) is 10.0. The van der Waals surface area contributed by atoms with Gasteiger partial charge in [-0.05, 0) is 50.3 Å². The second-order valence-electron chi connectivity index (χ2n) is 5.42. The molecule has 1 N–H and O–H groups in total. The van der Waals surface area contributed by atoms with Gasteiger partial charge >= 0.3 is 5.97 Å². The van der Waals surface area contributed by atoms with Crippen molar-refractivity contribution in [2.24, 2.45) is 0 Å². The SMILES string of the molecule is Cc1cccc(OCC(=O)N2CCCC[C@H]2C(=O)O)c1C. The lowest BCUT2D eigenvalue weighted by atomic mass is 10.0. The van der Waals surface area contributed by atoms with Crippen molar-refractivity contribution in [2.75, 3.05) is 13.2 Å². The first-order valence-electron chi connectivity index (χ1n) is 7.22. The van der Waals surface area contributed by atoms with Gasteiger partial charge in [-0.2, -0.15) is 0 Å². The fraction of sp³-hybridized carbons (Fsp3) is 0.500. The van der Waals surface area contributed by atoms with Crippen molar-refractivity contribution in [1.29, 1.82) is 0 Å². The molecule has 1 fully saturated rings. The van der Waals surface area contributed by atoms with Gasteiger partial charge in [0.15, 0.2) is 6.61 Å². The molecule has 21 heavy (non-hydrogen) atoms. The Morgan fingerprint density at radius 1 is 1.33 bits per heavy atom. The van der Waals surface area contributed by atoms with Gasteiger partial charge < -0.3 is 14.7 Å². The molecule has 5 nitrogen and oxygen atoms in total. The smallest absolute Gasteiger partial charge is 0.326 e. The molecule has 0 bridgehead atoms. The maximum atomic E-state index is 12.2. The van der Waals surface area contributed by atoms with Crippen molar-refractivity contribution in [2.45, 2.75) is 39.2 Å². The lowest BCUT2D eigenvalue weighted by molar-refractivity contribution is -0.152. The summed E-state index contributed by atoms with van der Waals surface area (Å²) in [6, 6.07) is 4.96. The third-order valence-corrected chi connectivity index (χ3v) is 4.01. The summed E-state index contributed by atoms with van der Waals surface area (Å²) in [6.45, 7) is 4.30. The van der Waals surface area contributed by atoms with E-state index in [0.29, 0.717) is 18.7 Å². The van der Waals surface area contributed by atoms with E-state index in [-0.39, 0.29) is 12.5 Å². The number of benzene rings is 1. The molecule has 2 rings (SSSR count). The highest BCUT2D eigenvalue weighted by Crippen LogP contribution is 2.21. The van der Waals surface area contributed by atoms with Crippen LogP contribution in [0.25, 0.3) is 0 Å². The average molecular weight is 291 g/mol. The Bertz CT molecular complexity index is 541. The minimum Gasteiger partial charge on any atom is -0.483 e. The van der Waals surface area contributed by atoms with Crippen LogP contribution in [0.4, 0.5) is 0 Å². The van der Waals surface area contributed by atoms with Crippen LogP contribution in [-0.4, -0.2) is 41.1 Å².